The number of alkyl halides is 3. The van der Waals surface area contributed by atoms with Crippen LogP contribution in [0.4, 0.5) is 24.5 Å². The lowest BCUT2D eigenvalue weighted by Gasteiger charge is -2.17. The van der Waals surface area contributed by atoms with Crippen molar-refractivity contribution < 1.29 is 22.8 Å². The van der Waals surface area contributed by atoms with Crippen LogP contribution in [0.15, 0.2) is 94.4 Å². The van der Waals surface area contributed by atoms with Crippen molar-refractivity contribution in [3.8, 4) is 0 Å². The molecule has 0 aromatic heterocycles. The number of carbonyl (C=O) groups excluding carboxylic acids is 2. The zero-order valence-electron chi connectivity index (χ0n) is 16.8. The van der Waals surface area contributed by atoms with Gasteiger partial charge in [0.15, 0.2) is 0 Å². The van der Waals surface area contributed by atoms with Gasteiger partial charge < -0.3 is 5.32 Å². The maximum atomic E-state index is 13.2. The largest absolute Gasteiger partial charge is 0.416 e. The van der Waals surface area contributed by atoms with E-state index >= 15 is 0 Å². The molecular formula is C24H17F3N2O2S. The van der Waals surface area contributed by atoms with Crippen molar-refractivity contribution in [3.05, 3.63) is 101 Å². The molecule has 4 rings (SSSR count). The Balaban J connectivity index is 1.75. The van der Waals surface area contributed by atoms with E-state index < -0.39 is 23.6 Å². The molecule has 0 saturated carbocycles. The van der Waals surface area contributed by atoms with E-state index in [1.54, 1.807) is 36.4 Å². The first-order chi connectivity index (χ1) is 15.2. The standard InChI is InChI=1S/C24H17F3N2O2S/c1-15-10-12-17(13-11-15)28-20-21(32-19-8-3-2-4-9-19)23(31)29(22(20)30)18-7-5-6-16(14-18)24(25,26)27/h2-14,28H,1H3. The van der Waals surface area contributed by atoms with Gasteiger partial charge in [-0.2, -0.15) is 13.2 Å². The molecule has 1 aliphatic rings. The highest BCUT2D eigenvalue weighted by Crippen LogP contribution is 2.39. The molecule has 0 bridgehead atoms. The maximum absolute atomic E-state index is 13.2. The first-order valence-corrected chi connectivity index (χ1v) is 10.4. The van der Waals surface area contributed by atoms with Gasteiger partial charge in [-0.05, 0) is 49.4 Å². The summed E-state index contributed by atoms with van der Waals surface area (Å²) in [4.78, 5) is 28.1. The van der Waals surface area contributed by atoms with Gasteiger partial charge in [0.05, 0.1) is 11.3 Å². The number of aryl methyl sites for hydroxylation is 1. The van der Waals surface area contributed by atoms with Gasteiger partial charge >= 0.3 is 6.18 Å². The van der Waals surface area contributed by atoms with Crippen LogP contribution in [0, 0.1) is 6.92 Å². The minimum absolute atomic E-state index is 0.0186. The van der Waals surface area contributed by atoms with Crippen LogP contribution in [-0.2, 0) is 15.8 Å². The second-order valence-electron chi connectivity index (χ2n) is 7.10. The van der Waals surface area contributed by atoms with Crippen LogP contribution >= 0.6 is 11.8 Å². The molecule has 1 aliphatic heterocycles. The lowest BCUT2D eigenvalue weighted by atomic mass is 10.2. The number of anilines is 2. The summed E-state index contributed by atoms with van der Waals surface area (Å²) in [5.41, 5.74) is 0.547. The van der Waals surface area contributed by atoms with Gasteiger partial charge in [0.1, 0.15) is 10.6 Å². The Morgan fingerprint density at radius 3 is 2.19 bits per heavy atom. The maximum Gasteiger partial charge on any atom is 0.416 e. The van der Waals surface area contributed by atoms with Crippen molar-refractivity contribution in [2.24, 2.45) is 0 Å². The minimum Gasteiger partial charge on any atom is -0.350 e. The zero-order chi connectivity index (χ0) is 22.9. The predicted molar refractivity (Wildman–Crippen MR) is 118 cm³/mol. The number of imide groups is 1. The Bertz CT molecular complexity index is 1210. The topological polar surface area (TPSA) is 49.4 Å². The number of amides is 2. The molecule has 0 radical (unpaired) electrons. The molecule has 1 heterocycles. The van der Waals surface area contributed by atoms with E-state index in [1.165, 1.54) is 12.1 Å². The number of rotatable bonds is 5. The quantitative estimate of drug-likeness (QED) is 0.480. The van der Waals surface area contributed by atoms with Crippen LogP contribution in [0.25, 0.3) is 0 Å². The Kier molecular flexibility index (Phi) is 5.80. The fraction of sp³-hybridized carbons (Fsp3) is 0.0833. The third-order valence-corrected chi connectivity index (χ3v) is 5.85. The SMILES string of the molecule is Cc1ccc(NC2=C(Sc3ccccc3)C(=O)N(c3cccc(C(F)(F)F)c3)C2=O)cc1. The summed E-state index contributed by atoms with van der Waals surface area (Å²) in [7, 11) is 0. The number of nitrogens with one attached hydrogen (secondary N) is 1. The van der Waals surface area contributed by atoms with E-state index in [1.807, 2.05) is 25.1 Å². The van der Waals surface area contributed by atoms with Gasteiger partial charge in [0, 0.05) is 10.6 Å². The highest BCUT2D eigenvalue weighted by Gasteiger charge is 2.41. The van der Waals surface area contributed by atoms with Crippen LogP contribution < -0.4 is 10.2 Å². The van der Waals surface area contributed by atoms with Crippen molar-refractivity contribution in [2.45, 2.75) is 18.0 Å². The highest BCUT2D eigenvalue weighted by molar-refractivity contribution is 8.04. The Morgan fingerprint density at radius 1 is 0.844 bits per heavy atom. The summed E-state index contributed by atoms with van der Waals surface area (Å²) in [5.74, 6) is -1.40. The fourth-order valence-electron chi connectivity index (χ4n) is 3.16. The Labute approximate surface area is 186 Å². The van der Waals surface area contributed by atoms with Crippen LogP contribution in [0.3, 0.4) is 0 Å². The molecule has 0 saturated heterocycles. The van der Waals surface area contributed by atoms with Crippen molar-refractivity contribution in [2.75, 3.05) is 10.2 Å². The molecule has 162 valence electrons. The van der Waals surface area contributed by atoms with E-state index in [4.69, 9.17) is 0 Å². The van der Waals surface area contributed by atoms with Crippen molar-refractivity contribution in [3.63, 3.8) is 0 Å². The molecule has 0 fully saturated rings. The molecule has 1 N–H and O–H groups in total. The molecular weight excluding hydrogens is 437 g/mol. The van der Waals surface area contributed by atoms with Crippen molar-refractivity contribution >= 4 is 35.0 Å². The molecule has 0 unspecified atom stereocenters. The number of halogens is 3. The van der Waals surface area contributed by atoms with Gasteiger partial charge in [0.2, 0.25) is 0 Å². The summed E-state index contributed by atoms with van der Waals surface area (Å²) >= 11 is 1.08. The smallest absolute Gasteiger partial charge is 0.350 e. The predicted octanol–water partition coefficient (Wildman–Crippen LogP) is 6.00. The van der Waals surface area contributed by atoms with Crippen LogP contribution in [0.2, 0.25) is 0 Å². The highest BCUT2D eigenvalue weighted by atomic mass is 32.2. The summed E-state index contributed by atoms with van der Waals surface area (Å²) in [6, 6.07) is 20.4. The van der Waals surface area contributed by atoms with Gasteiger partial charge in [-0.25, -0.2) is 4.90 Å². The summed E-state index contributed by atoms with van der Waals surface area (Å²) in [6.07, 6.45) is -4.60. The lowest BCUT2D eigenvalue weighted by Crippen LogP contribution is -2.32. The number of nitrogens with zero attached hydrogens (tertiary/aromatic N) is 1. The second kappa shape index (κ2) is 8.55. The van der Waals surface area contributed by atoms with Crippen molar-refractivity contribution in [1.29, 1.82) is 0 Å². The van der Waals surface area contributed by atoms with E-state index in [-0.39, 0.29) is 16.3 Å². The summed E-state index contributed by atoms with van der Waals surface area (Å²) < 4.78 is 39.6. The fourth-order valence-corrected chi connectivity index (χ4v) is 4.11. The van der Waals surface area contributed by atoms with E-state index in [0.717, 1.165) is 39.3 Å². The number of thioether (sulfide) groups is 1. The van der Waals surface area contributed by atoms with Gasteiger partial charge in [-0.1, -0.05) is 53.7 Å². The normalized spacial score (nSPS) is 14.3. The monoisotopic (exact) mass is 454 g/mol. The molecule has 8 heteroatoms. The van der Waals surface area contributed by atoms with Crippen LogP contribution in [0.5, 0.6) is 0 Å². The third-order valence-electron chi connectivity index (χ3n) is 4.76. The molecule has 0 atom stereocenters. The van der Waals surface area contributed by atoms with Crippen LogP contribution in [-0.4, -0.2) is 11.8 Å². The summed E-state index contributed by atoms with van der Waals surface area (Å²) in [5, 5.41) is 2.99. The second-order valence-corrected chi connectivity index (χ2v) is 8.19. The van der Waals surface area contributed by atoms with E-state index in [2.05, 4.69) is 5.32 Å². The number of hydrogen-bond donors (Lipinski definition) is 1. The first-order valence-electron chi connectivity index (χ1n) is 9.61. The molecule has 0 spiro atoms. The average molecular weight is 454 g/mol. The molecule has 32 heavy (non-hydrogen) atoms. The Morgan fingerprint density at radius 2 is 1.53 bits per heavy atom. The molecule has 0 aliphatic carbocycles. The zero-order valence-corrected chi connectivity index (χ0v) is 17.6. The van der Waals surface area contributed by atoms with Gasteiger partial charge in [-0.3, -0.25) is 9.59 Å². The summed E-state index contributed by atoms with van der Waals surface area (Å²) in [6.45, 7) is 1.92. The molecule has 3 aromatic carbocycles. The van der Waals surface area contributed by atoms with Gasteiger partial charge in [-0.15, -0.1) is 0 Å². The first kappa shape index (κ1) is 21.7. The molecule has 4 nitrogen and oxygen atoms in total. The number of benzene rings is 3. The number of carbonyl (C=O) groups is 2. The van der Waals surface area contributed by atoms with E-state index in [9.17, 15) is 22.8 Å². The van der Waals surface area contributed by atoms with E-state index in [0.29, 0.717) is 5.69 Å². The van der Waals surface area contributed by atoms with Crippen LogP contribution in [0.1, 0.15) is 11.1 Å². The lowest BCUT2D eigenvalue weighted by molar-refractivity contribution is -0.137. The minimum atomic E-state index is -4.60. The van der Waals surface area contributed by atoms with Crippen molar-refractivity contribution in [1.82, 2.24) is 0 Å². The number of hydrogen-bond acceptors (Lipinski definition) is 4. The average Bonchev–Trinajstić information content (AvgIpc) is 2.99. The van der Waals surface area contributed by atoms with Gasteiger partial charge in [0.25, 0.3) is 11.8 Å². The molecule has 3 aromatic rings. The Hall–Kier alpha value is -3.52. The third kappa shape index (κ3) is 4.40. The molecule has 2 amide bonds.